The summed E-state index contributed by atoms with van der Waals surface area (Å²) in [7, 11) is 0. The molecular formula is C22H23N5O3S. The Morgan fingerprint density at radius 3 is 2.81 bits per heavy atom. The molecule has 0 saturated heterocycles. The van der Waals surface area contributed by atoms with Gasteiger partial charge in [-0.05, 0) is 49.1 Å². The van der Waals surface area contributed by atoms with Gasteiger partial charge in [-0.2, -0.15) is 11.8 Å². The predicted molar refractivity (Wildman–Crippen MR) is 119 cm³/mol. The Morgan fingerprint density at radius 1 is 1.19 bits per heavy atom. The molecule has 0 saturated carbocycles. The van der Waals surface area contributed by atoms with Crippen LogP contribution in [0.5, 0.6) is 0 Å². The molecule has 0 aliphatic carbocycles. The molecule has 0 radical (unpaired) electrons. The number of H-pyrrole nitrogens is 1. The molecule has 3 heterocycles. The van der Waals surface area contributed by atoms with Crippen molar-refractivity contribution in [3.8, 4) is 0 Å². The Labute approximate surface area is 183 Å². The van der Waals surface area contributed by atoms with E-state index in [-0.39, 0.29) is 36.5 Å². The lowest BCUT2D eigenvalue weighted by Gasteiger charge is -2.17. The fraction of sp³-hybridized carbons (Fsp3) is 0.318. The first-order chi connectivity index (χ1) is 15.1. The fourth-order valence-electron chi connectivity index (χ4n) is 3.63. The van der Waals surface area contributed by atoms with Crippen molar-refractivity contribution in [2.24, 2.45) is 0 Å². The van der Waals surface area contributed by atoms with Crippen molar-refractivity contribution in [1.82, 2.24) is 25.2 Å². The quantitative estimate of drug-likeness (QED) is 0.498. The molecule has 2 aromatic heterocycles. The molecule has 8 nitrogen and oxygen atoms in total. The van der Waals surface area contributed by atoms with Gasteiger partial charge in [0, 0.05) is 19.2 Å². The molecule has 9 heteroatoms. The van der Waals surface area contributed by atoms with Crippen LogP contribution in [0.15, 0.2) is 42.6 Å². The summed E-state index contributed by atoms with van der Waals surface area (Å²) in [6.07, 6.45) is 4.85. The van der Waals surface area contributed by atoms with E-state index in [1.54, 1.807) is 23.9 Å². The van der Waals surface area contributed by atoms with Crippen LogP contribution in [0.4, 0.5) is 0 Å². The first kappa shape index (κ1) is 21.0. The number of imidazole rings is 1. The number of nitrogens with zero attached hydrogens (tertiary/aromatic N) is 3. The molecule has 0 bridgehead atoms. The molecule has 3 amide bonds. The molecule has 0 spiro atoms. The van der Waals surface area contributed by atoms with Crippen LogP contribution in [0, 0.1) is 0 Å². The minimum Gasteiger partial charge on any atom is -0.346 e. The number of aromatic amines is 1. The molecule has 1 aliphatic heterocycles. The van der Waals surface area contributed by atoms with Gasteiger partial charge >= 0.3 is 0 Å². The van der Waals surface area contributed by atoms with Crippen LogP contribution in [0.3, 0.4) is 0 Å². The van der Waals surface area contributed by atoms with E-state index < -0.39 is 5.91 Å². The predicted octanol–water partition coefficient (Wildman–Crippen LogP) is 2.94. The van der Waals surface area contributed by atoms with Crippen molar-refractivity contribution in [3.63, 3.8) is 0 Å². The van der Waals surface area contributed by atoms with E-state index in [4.69, 9.17) is 0 Å². The Bertz CT molecular complexity index is 1060. The molecule has 31 heavy (non-hydrogen) atoms. The zero-order valence-corrected chi connectivity index (χ0v) is 17.9. The normalized spacial score (nSPS) is 14.2. The summed E-state index contributed by atoms with van der Waals surface area (Å²) in [6.45, 7) is 0.182. The van der Waals surface area contributed by atoms with E-state index in [1.807, 2.05) is 30.5 Å². The number of para-hydroxylation sites is 2. The van der Waals surface area contributed by atoms with Crippen LogP contribution in [0.2, 0.25) is 0 Å². The highest BCUT2D eigenvalue weighted by Crippen LogP contribution is 2.22. The van der Waals surface area contributed by atoms with E-state index >= 15 is 0 Å². The highest BCUT2D eigenvalue weighted by atomic mass is 32.2. The Kier molecular flexibility index (Phi) is 6.31. The Balaban J connectivity index is 1.35. The number of fused-ring (bicyclic) bond motifs is 2. The van der Waals surface area contributed by atoms with E-state index in [0.717, 1.165) is 33.9 Å². The highest BCUT2D eigenvalue weighted by Gasteiger charge is 2.36. The van der Waals surface area contributed by atoms with Gasteiger partial charge in [0.2, 0.25) is 5.91 Å². The fourth-order valence-corrected chi connectivity index (χ4v) is 4.10. The molecule has 4 rings (SSSR count). The second-order valence-electron chi connectivity index (χ2n) is 7.31. The smallest absolute Gasteiger partial charge is 0.280 e. The number of aromatic nitrogens is 3. The van der Waals surface area contributed by atoms with Crippen LogP contribution in [-0.4, -0.2) is 56.1 Å². The average Bonchev–Trinajstić information content (AvgIpc) is 3.32. The van der Waals surface area contributed by atoms with Crippen LogP contribution >= 0.6 is 11.8 Å². The maximum atomic E-state index is 12.6. The van der Waals surface area contributed by atoms with Gasteiger partial charge in [-0.1, -0.05) is 12.1 Å². The summed E-state index contributed by atoms with van der Waals surface area (Å²) >= 11 is 1.71. The van der Waals surface area contributed by atoms with Gasteiger partial charge < -0.3 is 10.3 Å². The highest BCUT2D eigenvalue weighted by molar-refractivity contribution is 7.98. The van der Waals surface area contributed by atoms with Crippen LogP contribution in [0.25, 0.3) is 11.0 Å². The lowest BCUT2D eigenvalue weighted by molar-refractivity contribution is -0.122. The topological polar surface area (TPSA) is 108 Å². The summed E-state index contributed by atoms with van der Waals surface area (Å²) in [5, 5.41) is 3.05. The number of nitrogens with one attached hydrogen (secondary N) is 2. The summed E-state index contributed by atoms with van der Waals surface area (Å²) < 4.78 is 0. The SMILES string of the molecule is CSCCC(NC(=O)CCCN1C(=O)c2cccnc2C1=O)c1nc2ccccc2[nH]1. The number of carbonyl (C=O) groups is 3. The molecular weight excluding hydrogens is 414 g/mol. The zero-order chi connectivity index (χ0) is 21.8. The molecule has 3 aromatic rings. The number of rotatable bonds is 9. The van der Waals surface area contributed by atoms with Crippen LogP contribution in [0.1, 0.15) is 52.0 Å². The molecule has 2 N–H and O–H groups in total. The third-order valence-electron chi connectivity index (χ3n) is 5.20. The van der Waals surface area contributed by atoms with Crippen molar-refractivity contribution in [2.75, 3.05) is 18.6 Å². The second-order valence-corrected chi connectivity index (χ2v) is 8.29. The van der Waals surface area contributed by atoms with Crippen molar-refractivity contribution >= 4 is 40.5 Å². The molecule has 1 aromatic carbocycles. The first-order valence-electron chi connectivity index (χ1n) is 10.1. The number of carbonyl (C=O) groups excluding carboxylic acids is 3. The van der Waals surface area contributed by atoms with E-state index in [1.165, 1.54) is 6.20 Å². The number of imide groups is 1. The van der Waals surface area contributed by atoms with Gasteiger partial charge in [-0.15, -0.1) is 0 Å². The molecule has 1 atom stereocenters. The van der Waals surface area contributed by atoms with Crippen molar-refractivity contribution < 1.29 is 14.4 Å². The molecule has 0 fully saturated rings. The number of hydrogen-bond acceptors (Lipinski definition) is 6. The monoisotopic (exact) mass is 437 g/mol. The van der Waals surface area contributed by atoms with Gasteiger partial charge in [0.05, 0.1) is 22.6 Å². The number of pyridine rings is 1. The molecule has 1 aliphatic rings. The minimum atomic E-state index is -0.402. The Hall–Kier alpha value is -3.20. The number of hydrogen-bond donors (Lipinski definition) is 2. The average molecular weight is 438 g/mol. The maximum Gasteiger partial charge on any atom is 0.280 e. The van der Waals surface area contributed by atoms with Crippen molar-refractivity contribution in [2.45, 2.75) is 25.3 Å². The zero-order valence-electron chi connectivity index (χ0n) is 17.1. The van der Waals surface area contributed by atoms with Gasteiger partial charge in [0.15, 0.2) is 0 Å². The van der Waals surface area contributed by atoms with Crippen molar-refractivity contribution in [1.29, 1.82) is 0 Å². The first-order valence-corrected chi connectivity index (χ1v) is 11.5. The number of amides is 3. The van der Waals surface area contributed by atoms with Crippen LogP contribution < -0.4 is 5.32 Å². The van der Waals surface area contributed by atoms with Gasteiger partial charge in [0.25, 0.3) is 11.8 Å². The van der Waals surface area contributed by atoms with Gasteiger partial charge in [-0.25, -0.2) is 4.98 Å². The molecule has 1 unspecified atom stereocenters. The third kappa shape index (κ3) is 4.46. The lowest BCUT2D eigenvalue weighted by atomic mass is 10.2. The Morgan fingerprint density at radius 2 is 2.03 bits per heavy atom. The van der Waals surface area contributed by atoms with Gasteiger partial charge in [-0.3, -0.25) is 24.3 Å². The largest absolute Gasteiger partial charge is 0.346 e. The van der Waals surface area contributed by atoms with E-state index in [0.29, 0.717) is 12.0 Å². The third-order valence-corrected chi connectivity index (χ3v) is 5.84. The minimum absolute atomic E-state index is 0.138. The summed E-state index contributed by atoms with van der Waals surface area (Å²) in [5.41, 5.74) is 2.29. The number of benzene rings is 1. The van der Waals surface area contributed by atoms with Crippen LogP contribution in [-0.2, 0) is 4.79 Å². The summed E-state index contributed by atoms with van der Waals surface area (Å²) in [4.78, 5) is 50.5. The van der Waals surface area contributed by atoms with E-state index in [9.17, 15) is 14.4 Å². The second kappa shape index (κ2) is 9.30. The maximum absolute atomic E-state index is 12.6. The van der Waals surface area contributed by atoms with Crippen molar-refractivity contribution in [3.05, 3.63) is 59.7 Å². The van der Waals surface area contributed by atoms with Gasteiger partial charge in [0.1, 0.15) is 11.5 Å². The number of thioether (sulfide) groups is 1. The summed E-state index contributed by atoms with van der Waals surface area (Å²) in [6, 6.07) is 10.8. The van der Waals surface area contributed by atoms with E-state index in [2.05, 4.69) is 20.3 Å². The lowest BCUT2D eigenvalue weighted by Crippen LogP contribution is -2.33. The molecule has 160 valence electrons. The standard InChI is InChI=1S/C22H23N5O3S/c1-31-13-10-17(20-25-15-7-2-3-8-16(15)26-20)24-18(28)9-5-12-27-21(29)14-6-4-11-23-19(14)22(27)30/h2-4,6-8,11,17H,5,9-10,12-13H2,1H3,(H,24,28)(H,25,26). The summed E-state index contributed by atoms with van der Waals surface area (Å²) in [5.74, 6) is 0.718.